The minimum atomic E-state index is -0.529. The molecule has 0 aliphatic carbocycles. The maximum Gasteiger partial charge on any atom is 0.235 e. The van der Waals surface area contributed by atoms with Crippen LogP contribution in [0.2, 0.25) is 0 Å². The SMILES string of the molecule is COCc1nnc2sc(-c3c(O)cccc3F)nn12. The molecule has 0 spiro atoms. The molecule has 8 heteroatoms. The molecule has 0 unspecified atom stereocenters. The Hall–Kier alpha value is -2.06. The van der Waals surface area contributed by atoms with Crippen LogP contribution >= 0.6 is 11.3 Å². The largest absolute Gasteiger partial charge is 0.507 e. The van der Waals surface area contributed by atoms with Gasteiger partial charge in [-0.3, -0.25) is 0 Å². The van der Waals surface area contributed by atoms with Crippen molar-refractivity contribution in [1.29, 1.82) is 0 Å². The number of halogens is 1. The quantitative estimate of drug-likeness (QED) is 0.792. The van der Waals surface area contributed by atoms with Crippen LogP contribution < -0.4 is 0 Å². The standard InChI is InChI=1S/C11H9FN4O2S/c1-18-5-8-13-14-11-16(8)15-10(19-11)9-6(12)3-2-4-7(9)17/h2-4,17H,5H2,1H3. The third-order valence-electron chi connectivity index (χ3n) is 2.53. The van der Waals surface area contributed by atoms with Gasteiger partial charge in [-0.25, -0.2) is 4.39 Å². The number of hydrogen-bond acceptors (Lipinski definition) is 6. The van der Waals surface area contributed by atoms with Gasteiger partial charge in [-0.1, -0.05) is 17.4 Å². The van der Waals surface area contributed by atoms with Crippen molar-refractivity contribution in [3.8, 4) is 16.3 Å². The van der Waals surface area contributed by atoms with Gasteiger partial charge in [-0.15, -0.1) is 10.2 Å². The number of rotatable bonds is 3. The normalized spacial score (nSPS) is 11.3. The van der Waals surface area contributed by atoms with Crippen LogP contribution in [0.25, 0.3) is 15.5 Å². The predicted molar refractivity (Wildman–Crippen MR) is 66.4 cm³/mol. The number of benzene rings is 1. The lowest BCUT2D eigenvalue weighted by Crippen LogP contribution is -1.97. The number of phenolic OH excluding ortho intramolecular Hbond substituents is 1. The van der Waals surface area contributed by atoms with Gasteiger partial charge in [0.1, 0.15) is 18.2 Å². The maximum atomic E-state index is 13.8. The zero-order valence-electron chi connectivity index (χ0n) is 9.87. The summed E-state index contributed by atoms with van der Waals surface area (Å²) in [5.41, 5.74) is 0.0707. The van der Waals surface area contributed by atoms with E-state index in [1.54, 1.807) is 0 Å². The van der Waals surface area contributed by atoms with Crippen LogP contribution in [-0.2, 0) is 11.3 Å². The molecule has 0 radical (unpaired) electrons. The summed E-state index contributed by atoms with van der Waals surface area (Å²) in [5.74, 6) is -0.160. The zero-order chi connectivity index (χ0) is 13.4. The lowest BCUT2D eigenvalue weighted by molar-refractivity contribution is 0.176. The van der Waals surface area contributed by atoms with Crippen molar-refractivity contribution in [2.75, 3.05) is 7.11 Å². The lowest BCUT2D eigenvalue weighted by Gasteiger charge is -2.00. The van der Waals surface area contributed by atoms with Crippen molar-refractivity contribution < 1.29 is 14.2 Å². The van der Waals surface area contributed by atoms with Crippen molar-refractivity contribution in [2.45, 2.75) is 6.61 Å². The Labute approximate surface area is 111 Å². The predicted octanol–water partition coefficient (Wildman–Crippen LogP) is 1.84. The molecule has 1 aromatic carbocycles. The Morgan fingerprint density at radius 1 is 1.42 bits per heavy atom. The molecule has 0 saturated carbocycles. The number of ether oxygens (including phenoxy) is 1. The molecule has 0 aliphatic rings. The smallest absolute Gasteiger partial charge is 0.235 e. The van der Waals surface area contributed by atoms with Crippen LogP contribution in [0, 0.1) is 5.82 Å². The van der Waals surface area contributed by atoms with Gasteiger partial charge < -0.3 is 9.84 Å². The fraction of sp³-hybridized carbons (Fsp3) is 0.182. The Morgan fingerprint density at radius 3 is 3.00 bits per heavy atom. The summed E-state index contributed by atoms with van der Waals surface area (Å²) >= 11 is 1.15. The van der Waals surface area contributed by atoms with Gasteiger partial charge in [0.2, 0.25) is 4.96 Å². The highest BCUT2D eigenvalue weighted by molar-refractivity contribution is 7.19. The summed E-state index contributed by atoms with van der Waals surface area (Å²) in [7, 11) is 1.54. The van der Waals surface area contributed by atoms with Crippen LogP contribution in [0.1, 0.15) is 5.82 Å². The molecule has 0 bridgehead atoms. The Kier molecular flexibility index (Phi) is 2.88. The molecule has 0 aliphatic heterocycles. The Balaban J connectivity index is 2.16. The Morgan fingerprint density at radius 2 is 2.26 bits per heavy atom. The van der Waals surface area contributed by atoms with Crippen molar-refractivity contribution in [3.05, 3.63) is 29.8 Å². The molecule has 0 fully saturated rings. The van der Waals surface area contributed by atoms with Crippen molar-refractivity contribution in [1.82, 2.24) is 19.8 Å². The highest BCUT2D eigenvalue weighted by atomic mass is 32.1. The summed E-state index contributed by atoms with van der Waals surface area (Å²) in [4.78, 5) is 0.518. The van der Waals surface area contributed by atoms with E-state index in [4.69, 9.17) is 4.74 Å². The van der Waals surface area contributed by atoms with E-state index in [1.165, 1.54) is 29.8 Å². The van der Waals surface area contributed by atoms with Crippen LogP contribution in [0.5, 0.6) is 5.75 Å². The average Bonchev–Trinajstić information content (AvgIpc) is 2.92. The van der Waals surface area contributed by atoms with Crippen LogP contribution in [-0.4, -0.2) is 32.0 Å². The minimum absolute atomic E-state index is 0.0707. The van der Waals surface area contributed by atoms with E-state index in [2.05, 4.69) is 15.3 Å². The molecule has 98 valence electrons. The number of nitrogens with zero attached hydrogens (tertiary/aromatic N) is 4. The first-order valence-corrected chi connectivity index (χ1v) is 6.20. The van der Waals surface area contributed by atoms with E-state index in [1.807, 2.05) is 0 Å². The van der Waals surface area contributed by atoms with Crippen LogP contribution in [0.4, 0.5) is 4.39 Å². The summed E-state index contributed by atoms with van der Waals surface area (Å²) in [5, 5.41) is 22.1. The van der Waals surface area contributed by atoms with Crippen molar-refractivity contribution in [3.63, 3.8) is 0 Å². The lowest BCUT2D eigenvalue weighted by atomic mass is 10.2. The zero-order valence-corrected chi connectivity index (χ0v) is 10.7. The summed E-state index contributed by atoms with van der Waals surface area (Å²) in [6.45, 7) is 0.258. The average molecular weight is 280 g/mol. The molecule has 3 rings (SSSR count). The summed E-state index contributed by atoms with van der Waals surface area (Å²) < 4.78 is 20.2. The van der Waals surface area contributed by atoms with E-state index in [9.17, 15) is 9.50 Å². The van der Waals surface area contributed by atoms with Gasteiger partial charge >= 0.3 is 0 Å². The van der Waals surface area contributed by atoms with Gasteiger partial charge in [0.05, 0.1) is 5.56 Å². The van der Waals surface area contributed by atoms with Crippen molar-refractivity contribution in [2.24, 2.45) is 0 Å². The monoisotopic (exact) mass is 280 g/mol. The van der Waals surface area contributed by atoms with Gasteiger partial charge in [-0.2, -0.15) is 9.61 Å². The number of methoxy groups -OCH3 is 1. The van der Waals surface area contributed by atoms with Crippen LogP contribution in [0.15, 0.2) is 18.2 Å². The van der Waals surface area contributed by atoms with E-state index < -0.39 is 5.82 Å². The fourth-order valence-electron chi connectivity index (χ4n) is 1.70. The number of aromatic hydroxyl groups is 1. The van der Waals surface area contributed by atoms with Gasteiger partial charge in [0.25, 0.3) is 0 Å². The third kappa shape index (κ3) is 1.94. The molecule has 1 N–H and O–H groups in total. The second-order valence-corrected chi connectivity index (χ2v) is 4.74. The number of hydrogen-bond donors (Lipinski definition) is 1. The molecular formula is C11H9FN4O2S. The molecule has 3 aromatic rings. The molecule has 2 heterocycles. The molecule has 6 nitrogen and oxygen atoms in total. The van der Waals surface area contributed by atoms with E-state index in [0.29, 0.717) is 15.8 Å². The highest BCUT2D eigenvalue weighted by Crippen LogP contribution is 2.34. The molecule has 0 atom stereocenters. The maximum absolute atomic E-state index is 13.8. The van der Waals surface area contributed by atoms with Crippen LogP contribution in [0.3, 0.4) is 0 Å². The molecule has 2 aromatic heterocycles. The van der Waals surface area contributed by atoms with E-state index in [-0.39, 0.29) is 17.9 Å². The van der Waals surface area contributed by atoms with Crippen molar-refractivity contribution >= 4 is 16.3 Å². The van der Waals surface area contributed by atoms with Gasteiger partial charge in [0.15, 0.2) is 10.8 Å². The number of fused-ring (bicyclic) bond motifs is 1. The first-order chi connectivity index (χ1) is 9.20. The first kappa shape index (κ1) is 12.0. The molecule has 0 amide bonds. The van der Waals surface area contributed by atoms with E-state index >= 15 is 0 Å². The molecular weight excluding hydrogens is 271 g/mol. The molecule has 0 saturated heterocycles. The summed E-state index contributed by atoms with van der Waals surface area (Å²) in [6.07, 6.45) is 0. The third-order valence-corrected chi connectivity index (χ3v) is 3.45. The highest BCUT2D eigenvalue weighted by Gasteiger charge is 2.18. The fourth-order valence-corrected chi connectivity index (χ4v) is 2.62. The molecule has 19 heavy (non-hydrogen) atoms. The Bertz CT molecular complexity index is 719. The summed E-state index contributed by atoms with van der Waals surface area (Å²) in [6, 6.07) is 4.12. The second-order valence-electron chi connectivity index (χ2n) is 3.78. The first-order valence-electron chi connectivity index (χ1n) is 5.38. The minimum Gasteiger partial charge on any atom is -0.507 e. The number of phenols is 1. The van der Waals surface area contributed by atoms with Gasteiger partial charge in [0, 0.05) is 7.11 Å². The topological polar surface area (TPSA) is 72.5 Å². The second kappa shape index (κ2) is 4.56. The number of aromatic nitrogens is 4. The van der Waals surface area contributed by atoms with Gasteiger partial charge in [-0.05, 0) is 12.1 Å². The van der Waals surface area contributed by atoms with E-state index in [0.717, 1.165) is 11.3 Å².